The van der Waals surface area contributed by atoms with E-state index in [0.717, 1.165) is 68.4 Å². The lowest BCUT2D eigenvalue weighted by Gasteiger charge is -2.40. The second-order valence-corrected chi connectivity index (χ2v) is 17.0. The number of pyridine rings is 3. The third-order valence-corrected chi connectivity index (χ3v) is 13.6. The average Bonchev–Trinajstić information content (AvgIpc) is 4.04. The lowest BCUT2D eigenvalue weighted by Crippen LogP contribution is -2.41. The van der Waals surface area contributed by atoms with Crippen molar-refractivity contribution in [2.24, 2.45) is 5.92 Å². The summed E-state index contributed by atoms with van der Waals surface area (Å²) in [5.74, 6) is 0.994. The summed E-state index contributed by atoms with van der Waals surface area (Å²) in [5, 5.41) is 13.3. The maximum atomic E-state index is 9.63. The molecule has 6 aromatic rings. The van der Waals surface area contributed by atoms with Crippen LogP contribution in [-0.2, 0) is 27.9 Å². The summed E-state index contributed by atoms with van der Waals surface area (Å²) in [4.78, 5) is 15.2. The van der Waals surface area contributed by atoms with Gasteiger partial charge in [-0.1, -0.05) is 34.6 Å². The molecule has 292 valence electrons. The Morgan fingerprint density at radius 1 is 0.836 bits per heavy atom. The number of hydrogen-bond donors (Lipinski definition) is 1. The van der Waals surface area contributed by atoms with Crippen LogP contribution in [0.3, 0.4) is 0 Å². The van der Waals surface area contributed by atoms with Crippen molar-refractivity contribution in [3.63, 3.8) is 0 Å². The molecule has 55 heavy (non-hydrogen) atoms. The summed E-state index contributed by atoms with van der Waals surface area (Å²) in [6, 6.07) is 11.5. The number of aliphatic hydroxyl groups excluding tert-OH is 1. The summed E-state index contributed by atoms with van der Waals surface area (Å²) < 4.78 is 19.9. The largest absolute Gasteiger partial charge is 0.396 e. The van der Waals surface area contributed by atoms with E-state index in [1.807, 2.05) is 26.6 Å². The molecule has 9 heteroatoms. The van der Waals surface area contributed by atoms with Crippen molar-refractivity contribution >= 4 is 33.1 Å². The van der Waals surface area contributed by atoms with Gasteiger partial charge >= 0.3 is 0 Å². The molecule has 0 aliphatic heterocycles. The maximum absolute atomic E-state index is 9.63. The van der Waals surface area contributed by atoms with Gasteiger partial charge in [-0.2, -0.15) is 0 Å². The van der Waals surface area contributed by atoms with Crippen molar-refractivity contribution < 1.29 is 14.6 Å². The van der Waals surface area contributed by atoms with Crippen LogP contribution in [0.1, 0.15) is 126 Å². The van der Waals surface area contributed by atoms with E-state index in [2.05, 4.69) is 103 Å². The number of aliphatic hydroxyl groups is 1. The van der Waals surface area contributed by atoms with Gasteiger partial charge in [0.25, 0.3) is 0 Å². The van der Waals surface area contributed by atoms with Gasteiger partial charge in [0.1, 0.15) is 16.9 Å². The molecule has 6 aromatic heterocycles. The Morgan fingerprint density at radius 2 is 1.58 bits per heavy atom. The van der Waals surface area contributed by atoms with E-state index in [1.54, 1.807) is 0 Å². The number of aromatic nitrogens is 6. The van der Waals surface area contributed by atoms with Crippen LogP contribution in [0.5, 0.6) is 0 Å². The third-order valence-electron chi connectivity index (χ3n) is 13.6. The molecule has 0 bridgehead atoms. The van der Waals surface area contributed by atoms with Gasteiger partial charge in [-0.25, -0.2) is 15.0 Å². The number of aryl methyl sites for hydroxylation is 1. The summed E-state index contributed by atoms with van der Waals surface area (Å²) in [7, 11) is 3.77. The topological polar surface area (TPSA) is 92.2 Å². The van der Waals surface area contributed by atoms with E-state index in [9.17, 15) is 5.11 Å². The van der Waals surface area contributed by atoms with Crippen molar-refractivity contribution in [3.8, 4) is 0 Å². The smallest absolute Gasteiger partial charge is 0.140 e. The normalized spacial score (nSPS) is 23.5. The van der Waals surface area contributed by atoms with Crippen LogP contribution in [0.25, 0.3) is 33.1 Å². The molecular weight excluding hydrogens is 685 g/mol. The molecule has 2 aliphatic carbocycles. The first-order valence-corrected chi connectivity index (χ1v) is 20.8. The van der Waals surface area contributed by atoms with E-state index >= 15 is 0 Å². The van der Waals surface area contributed by atoms with Crippen LogP contribution < -0.4 is 0 Å². The molecule has 5 unspecified atom stereocenters. The van der Waals surface area contributed by atoms with Crippen molar-refractivity contribution in [1.29, 1.82) is 0 Å². The number of nitrogens with zero attached hydrogens (tertiary/aromatic N) is 6. The zero-order valence-electron chi connectivity index (χ0n) is 33.9. The lowest BCUT2D eigenvalue weighted by molar-refractivity contribution is 0.0159. The zero-order chi connectivity index (χ0) is 38.4. The number of methoxy groups -OCH3 is 2. The van der Waals surface area contributed by atoms with Gasteiger partial charge in [-0.3, -0.25) is 0 Å². The molecule has 7 atom stereocenters. The summed E-state index contributed by atoms with van der Waals surface area (Å²) in [5.41, 5.74) is 7.99. The Kier molecular flexibility index (Phi) is 10.6. The van der Waals surface area contributed by atoms with Crippen molar-refractivity contribution in [3.05, 3.63) is 89.8 Å². The molecular formula is C46H60N6O3. The van der Waals surface area contributed by atoms with Crippen LogP contribution in [0.15, 0.2) is 67.5 Å². The number of ether oxygens (including phenoxy) is 2. The minimum absolute atomic E-state index is 0.0388. The Morgan fingerprint density at radius 3 is 2.29 bits per heavy atom. The summed E-state index contributed by atoms with van der Waals surface area (Å²) in [6.07, 6.45) is 21.1. The van der Waals surface area contributed by atoms with E-state index < -0.39 is 0 Å². The second kappa shape index (κ2) is 15.5. The molecule has 6 heterocycles. The minimum Gasteiger partial charge on any atom is -0.396 e. The van der Waals surface area contributed by atoms with Gasteiger partial charge in [0, 0.05) is 86.1 Å². The van der Waals surface area contributed by atoms with Crippen molar-refractivity contribution in [2.45, 2.75) is 134 Å². The summed E-state index contributed by atoms with van der Waals surface area (Å²) >= 11 is 0. The number of hydrogen-bond acceptors (Lipinski definition) is 6. The van der Waals surface area contributed by atoms with Crippen LogP contribution in [-0.4, -0.2) is 66.8 Å². The molecule has 2 saturated carbocycles. The van der Waals surface area contributed by atoms with Gasteiger partial charge < -0.3 is 28.3 Å². The first-order chi connectivity index (χ1) is 26.7. The monoisotopic (exact) mass is 744 g/mol. The fraction of sp³-hybridized carbons (Fsp3) is 0.543. The van der Waals surface area contributed by atoms with Crippen LogP contribution in [0.4, 0.5) is 0 Å². The SMILES string of the molecule is CCC(C)c1cn(C2CCC(C(C)(Cc3cnc4c(c3)c(C(C)C)cn4CCCO)c3cn([C@H]4CCC[C@@H]4OC)c4ncccc34)C2OC)c2ncccc12. The van der Waals surface area contributed by atoms with Crippen molar-refractivity contribution in [1.82, 2.24) is 28.7 Å². The van der Waals surface area contributed by atoms with E-state index in [4.69, 9.17) is 24.4 Å². The van der Waals surface area contributed by atoms with Crippen LogP contribution in [0.2, 0.25) is 0 Å². The first kappa shape index (κ1) is 37.9. The average molecular weight is 745 g/mol. The van der Waals surface area contributed by atoms with Gasteiger partial charge in [-0.15, -0.1) is 0 Å². The second-order valence-electron chi connectivity index (χ2n) is 17.0. The third kappa shape index (κ3) is 6.50. The molecule has 9 nitrogen and oxygen atoms in total. The van der Waals surface area contributed by atoms with Crippen LogP contribution >= 0.6 is 0 Å². The fourth-order valence-electron chi connectivity index (χ4n) is 10.6. The lowest BCUT2D eigenvalue weighted by atomic mass is 9.66. The van der Waals surface area contributed by atoms with Crippen LogP contribution in [0, 0.1) is 5.92 Å². The highest BCUT2D eigenvalue weighted by molar-refractivity contribution is 5.84. The molecule has 2 aliphatic rings. The minimum atomic E-state index is -0.328. The fourth-order valence-corrected chi connectivity index (χ4v) is 10.6. The molecule has 0 spiro atoms. The van der Waals surface area contributed by atoms with E-state index in [1.165, 1.54) is 38.4 Å². The Bertz CT molecular complexity index is 2270. The first-order valence-electron chi connectivity index (χ1n) is 20.8. The van der Waals surface area contributed by atoms with E-state index in [0.29, 0.717) is 18.3 Å². The quantitative estimate of drug-likeness (QED) is 0.119. The predicted molar refractivity (Wildman–Crippen MR) is 221 cm³/mol. The van der Waals surface area contributed by atoms with E-state index in [-0.39, 0.29) is 42.2 Å². The summed E-state index contributed by atoms with van der Waals surface area (Å²) in [6.45, 7) is 12.5. The highest BCUT2D eigenvalue weighted by Crippen LogP contribution is 2.52. The molecule has 0 amide bonds. The predicted octanol–water partition coefficient (Wildman–Crippen LogP) is 9.66. The molecule has 0 saturated heterocycles. The highest BCUT2D eigenvalue weighted by atomic mass is 16.5. The Hall–Kier alpha value is -4.05. The molecule has 1 N–H and O–H groups in total. The molecule has 8 rings (SSSR count). The highest BCUT2D eigenvalue weighted by Gasteiger charge is 2.50. The zero-order valence-corrected chi connectivity index (χ0v) is 33.9. The maximum Gasteiger partial charge on any atom is 0.140 e. The van der Waals surface area contributed by atoms with Gasteiger partial charge in [0.05, 0.1) is 24.3 Å². The number of fused-ring (bicyclic) bond motifs is 3. The molecule has 0 radical (unpaired) electrons. The Labute approximate surface area is 326 Å². The van der Waals surface area contributed by atoms with Gasteiger partial charge in [-0.05, 0) is 122 Å². The van der Waals surface area contributed by atoms with Gasteiger partial charge in [0.2, 0.25) is 0 Å². The van der Waals surface area contributed by atoms with Crippen molar-refractivity contribution in [2.75, 3.05) is 20.8 Å². The van der Waals surface area contributed by atoms with Gasteiger partial charge in [0.15, 0.2) is 0 Å². The number of rotatable bonds is 14. The standard InChI is InChI=1S/C46H60N6O3/c1-8-30(4)36-27-51(44-32(36)13-10-19-47-44)40-18-17-37(42(40)55-7)46(5,24-31-23-34-35(29(2)3)26-50(21-12-22-53)43(34)49-25-31)38-28-52(39-15-9-16-41(39)54-6)45-33(38)14-11-20-48-45/h10-11,13-14,19-20,23,25-30,37,39-42,53H,8-9,12,15-18,21-22,24H2,1-7H3/t30?,37?,39-,40?,41-,42?,46?/m0/s1. The molecule has 0 aromatic carbocycles. The Balaban J connectivity index is 1.28. The molecule has 2 fully saturated rings.